The molecule has 0 saturated carbocycles. The van der Waals surface area contributed by atoms with E-state index >= 15 is 0 Å². The summed E-state index contributed by atoms with van der Waals surface area (Å²) in [4.78, 5) is 0. The van der Waals surface area contributed by atoms with Crippen molar-refractivity contribution in [1.29, 1.82) is 0 Å². The first-order valence-electron chi connectivity index (χ1n) is 7.01. The largest absolute Gasteiger partial charge is 0.508 e. The van der Waals surface area contributed by atoms with Crippen LogP contribution in [0.15, 0.2) is 23.8 Å². The maximum Gasteiger partial charge on any atom is 0.508 e. The highest BCUT2D eigenvalue weighted by Gasteiger charge is 2.49. The van der Waals surface area contributed by atoms with Gasteiger partial charge in [-0.2, -0.15) is 0 Å². The van der Waals surface area contributed by atoms with Crippen LogP contribution in [0, 0.1) is 0 Å². The second-order valence-corrected chi connectivity index (χ2v) is 7.01. The minimum Gasteiger partial charge on any atom is -0.373 e. The smallest absolute Gasteiger partial charge is 0.373 e. The molecule has 0 fully saturated rings. The molecule has 1 rings (SSSR count). The third kappa shape index (κ3) is 3.54. The van der Waals surface area contributed by atoms with Crippen molar-refractivity contribution in [3.63, 3.8) is 0 Å². The molecule has 18 heavy (non-hydrogen) atoms. The first kappa shape index (κ1) is 15.6. The van der Waals surface area contributed by atoms with Crippen molar-refractivity contribution < 1.29 is 13.3 Å². The van der Waals surface area contributed by atoms with Gasteiger partial charge in [0.1, 0.15) is 0 Å². The van der Waals surface area contributed by atoms with Gasteiger partial charge >= 0.3 is 8.80 Å². The van der Waals surface area contributed by atoms with E-state index in [1.807, 2.05) is 20.8 Å². The van der Waals surface area contributed by atoms with Crippen molar-refractivity contribution in [1.82, 2.24) is 0 Å². The Morgan fingerprint density at radius 3 is 1.94 bits per heavy atom. The number of allylic oxidation sites excluding steroid dienone is 4. The lowest BCUT2D eigenvalue weighted by atomic mass is 10.1. The van der Waals surface area contributed by atoms with Crippen molar-refractivity contribution in [3.8, 4) is 0 Å². The molecule has 0 unspecified atom stereocenters. The van der Waals surface area contributed by atoms with Gasteiger partial charge in [0.05, 0.1) is 5.54 Å². The summed E-state index contributed by atoms with van der Waals surface area (Å²) >= 11 is 0. The van der Waals surface area contributed by atoms with E-state index in [-0.39, 0.29) is 5.54 Å². The summed E-state index contributed by atoms with van der Waals surface area (Å²) in [6.07, 6.45) is 8.48. The van der Waals surface area contributed by atoms with E-state index in [0.717, 1.165) is 12.8 Å². The highest BCUT2D eigenvalue weighted by molar-refractivity contribution is 6.63. The van der Waals surface area contributed by atoms with Gasteiger partial charge in [0, 0.05) is 19.8 Å². The predicted molar refractivity (Wildman–Crippen MR) is 76.5 cm³/mol. The highest BCUT2D eigenvalue weighted by atomic mass is 28.4. The first-order valence-corrected chi connectivity index (χ1v) is 8.81. The zero-order chi connectivity index (χ0) is 13.4. The van der Waals surface area contributed by atoms with Crippen LogP contribution in [-0.2, 0) is 13.3 Å². The van der Waals surface area contributed by atoms with E-state index in [1.165, 1.54) is 5.57 Å². The molecule has 0 heterocycles. The van der Waals surface area contributed by atoms with Crippen molar-refractivity contribution in [2.45, 2.75) is 46.1 Å². The predicted octanol–water partition coefficient (Wildman–Crippen LogP) is 3.70. The topological polar surface area (TPSA) is 27.7 Å². The van der Waals surface area contributed by atoms with Gasteiger partial charge in [0.25, 0.3) is 0 Å². The summed E-state index contributed by atoms with van der Waals surface area (Å²) in [5, 5.41) is 0. The molecule has 0 N–H and O–H groups in total. The summed E-state index contributed by atoms with van der Waals surface area (Å²) in [6.45, 7) is 10.1. The standard InChI is InChI=1S/C14H26O3Si/c1-5-14(13-11-9-10-12-13)18(15-6-2,16-7-3)17-8-4/h9-11,14H,5-8,12H2,1-4H3/t14-/m0/s1. The molecular weight excluding hydrogens is 244 g/mol. The first-order chi connectivity index (χ1) is 8.74. The molecule has 0 radical (unpaired) electrons. The molecule has 0 aromatic heterocycles. The third-order valence-electron chi connectivity index (χ3n) is 3.12. The van der Waals surface area contributed by atoms with Crippen LogP contribution >= 0.6 is 0 Å². The fraction of sp³-hybridized carbons (Fsp3) is 0.714. The Morgan fingerprint density at radius 1 is 1.06 bits per heavy atom. The van der Waals surface area contributed by atoms with E-state index in [2.05, 4.69) is 25.2 Å². The van der Waals surface area contributed by atoms with Gasteiger partial charge < -0.3 is 13.3 Å². The van der Waals surface area contributed by atoms with Crippen LogP contribution in [0.2, 0.25) is 5.54 Å². The lowest BCUT2D eigenvalue weighted by molar-refractivity contribution is 0.0636. The Hall–Kier alpha value is -0.423. The van der Waals surface area contributed by atoms with Crippen LogP contribution in [0.25, 0.3) is 0 Å². The lowest BCUT2D eigenvalue weighted by Crippen LogP contribution is -2.50. The fourth-order valence-electron chi connectivity index (χ4n) is 2.49. The molecular formula is C14H26O3Si. The molecule has 0 aliphatic heterocycles. The fourth-order valence-corrected chi connectivity index (χ4v) is 5.72. The number of hydrogen-bond donors (Lipinski definition) is 0. The molecule has 0 aromatic rings. The van der Waals surface area contributed by atoms with E-state index < -0.39 is 8.80 Å². The van der Waals surface area contributed by atoms with Gasteiger partial charge in [-0.3, -0.25) is 0 Å². The Balaban J connectivity index is 2.95. The maximum atomic E-state index is 6.00. The van der Waals surface area contributed by atoms with E-state index in [1.54, 1.807) is 0 Å². The molecule has 3 nitrogen and oxygen atoms in total. The monoisotopic (exact) mass is 270 g/mol. The number of rotatable bonds is 9. The molecule has 0 bridgehead atoms. The lowest BCUT2D eigenvalue weighted by Gasteiger charge is -2.35. The van der Waals surface area contributed by atoms with Crippen LogP contribution < -0.4 is 0 Å². The van der Waals surface area contributed by atoms with Gasteiger partial charge in [0.15, 0.2) is 0 Å². The van der Waals surface area contributed by atoms with Gasteiger partial charge in [-0.1, -0.05) is 30.7 Å². The van der Waals surface area contributed by atoms with Crippen LogP contribution in [0.3, 0.4) is 0 Å². The van der Waals surface area contributed by atoms with Crippen LogP contribution in [0.4, 0.5) is 0 Å². The van der Waals surface area contributed by atoms with Gasteiger partial charge in [-0.15, -0.1) is 0 Å². The summed E-state index contributed by atoms with van der Waals surface area (Å²) in [6, 6.07) is 0. The quantitative estimate of drug-likeness (QED) is 0.598. The van der Waals surface area contributed by atoms with Crippen molar-refractivity contribution in [2.75, 3.05) is 19.8 Å². The van der Waals surface area contributed by atoms with Crippen LogP contribution in [0.5, 0.6) is 0 Å². The zero-order valence-corrected chi connectivity index (χ0v) is 13.1. The second-order valence-electron chi connectivity index (χ2n) is 4.24. The van der Waals surface area contributed by atoms with Crippen molar-refractivity contribution in [2.24, 2.45) is 0 Å². The second kappa shape index (κ2) is 7.89. The summed E-state index contributed by atoms with van der Waals surface area (Å²) in [5.74, 6) is 0. The van der Waals surface area contributed by atoms with E-state index in [9.17, 15) is 0 Å². The SMILES string of the molecule is CCO[Si](OCC)(OCC)[C@@H](CC)C1=CC=CC1. The Bertz CT molecular complexity index is 282. The summed E-state index contributed by atoms with van der Waals surface area (Å²) in [5.41, 5.74) is 1.67. The van der Waals surface area contributed by atoms with E-state index in [0.29, 0.717) is 19.8 Å². The average Bonchev–Trinajstić information content (AvgIpc) is 2.84. The zero-order valence-electron chi connectivity index (χ0n) is 12.1. The summed E-state index contributed by atoms with van der Waals surface area (Å²) in [7, 11) is -2.60. The third-order valence-corrected chi connectivity index (χ3v) is 6.82. The number of hydrogen-bond acceptors (Lipinski definition) is 3. The molecule has 4 heteroatoms. The molecule has 1 atom stereocenters. The molecule has 0 spiro atoms. The van der Waals surface area contributed by atoms with E-state index in [4.69, 9.17) is 13.3 Å². The maximum absolute atomic E-state index is 6.00. The van der Waals surface area contributed by atoms with Crippen LogP contribution in [-0.4, -0.2) is 28.6 Å². The highest BCUT2D eigenvalue weighted by Crippen LogP contribution is 2.38. The minimum atomic E-state index is -2.60. The minimum absolute atomic E-state index is 0.285. The van der Waals surface area contributed by atoms with Crippen LogP contribution in [0.1, 0.15) is 40.5 Å². The molecule has 1 aliphatic carbocycles. The Morgan fingerprint density at radius 2 is 1.61 bits per heavy atom. The van der Waals surface area contributed by atoms with Gasteiger partial charge in [0.2, 0.25) is 0 Å². The molecule has 0 amide bonds. The molecule has 1 aliphatic rings. The van der Waals surface area contributed by atoms with Crippen molar-refractivity contribution >= 4 is 8.80 Å². The van der Waals surface area contributed by atoms with Gasteiger partial charge in [-0.05, 0) is 33.6 Å². The average molecular weight is 270 g/mol. The van der Waals surface area contributed by atoms with Crippen molar-refractivity contribution in [3.05, 3.63) is 23.8 Å². The summed E-state index contributed by atoms with van der Waals surface area (Å²) < 4.78 is 18.0. The molecule has 0 saturated heterocycles. The normalized spacial score (nSPS) is 17.0. The Labute approximate surface area is 112 Å². The molecule has 0 aromatic carbocycles. The van der Waals surface area contributed by atoms with Gasteiger partial charge in [-0.25, -0.2) is 0 Å². The Kier molecular flexibility index (Phi) is 6.85. The molecule has 104 valence electrons.